The number of unbranched alkanes of at least 4 members (excludes halogenated alkanes) is 4. The second-order valence-corrected chi connectivity index (χ2v) is 10.5. The number of hydrogen-bond donors (Lipinski definition) is 0. The van der Waals surface area contributed by atoms with Crippen LogP contribution in [0.2, 0.25) is 0 Å². The van der Waals surface area contributed by atoms with Crippen molar-refractivity contribution in [2.75, 3.05) is 0 Å². The molecule has 1 nitrogen and oxygen atoms in total. The Balaban J connectivity index is 1.34. The van der Waals surface area contributed by atoms with E-state index in [1.54, 1.807) is 11.6 Å². The van der Waals surface area contributed by atoms with Gasteiger partial charge in [0.2, 0.25) is 0 Å². The van der Waals surface area contributed by atoms with Gasteiger partial charge >= 0.3 is 0 Å². The van der Waals surface area contributed by atoms with Crippen molar-refractivity contribution in [3.63, 3.8) is 0 Å². The molecule has 0 aliphatic heterocycles. The molecule has 2 saturated carbocycles. The smallest absolute Gasteiger partial charge is 0.195 e. The number of rotatable bonds is 11. The van der Waals surface area contributed by atoms with E-state index in [4.69, 9.17) is 5.26 Å². The lowest BCUT2D eigenvalue weighted by Crippen LogP contribution is -2.25. The summed E-state index contributed by atoms with van der Waals surface area (Å²) in [5, 5.41) is 8.52. The second-order valence-electron chi connectivity index (χ2n) is 10.5. The van der Waals surface area contributed by atoms with Crippen molar-refractivity contribution in [1.82, 2.24) is 0 Å². The Labute approximate surface area is 196 Å². The first-order valence-corrected chi connectivity index (χ1v) is 13.5. The third kappa shape index (κ3) is 8.06. The minimum Gasteiger partial charge on any atom is -0.195 e. The van der Waals surface area contributed by atoms with Crippen molar-refractivity contribution in [2.45, 2.75) is 116 Å². The molecule has 3 rings (SSSR count). The molecule has 0 N–H and O–H groups in total. The van der Waals surface area contributed by atoms with E-state index in [1.807, 2.05) is 0 Å². The zero-order valence-corrected chi connectivity index (χ0v) is 20.3. The molecule has 1 aromatic carbocycles. The summed E-state index contributed by atoms with van der Waals surface area (Å²) in [5.74, 6) is 2.71. The summed E-state index contributed by atoms with van der Waals surface area (Å²) in [6.07, 6.45) is 22.1. The van der Waals surface area contributed by atoms with Gasteiger partial charge in [0.1, 0.15) is 6.07 Å². The lowest BCUT2D eigenvalue weighted by atomic mass is 9.68. The molecule has 2 aliphatic carbocycles. The number of aryl methyl sites for hydroxylation is 1. The number of allylic oxidation sites excluding steroid dienone is 2. The molecule has 32 heavy (non-hydrogen) atoms. The minimum atomic E-state index is -0.618. The predicted octanol–water partition coefficient (Wildman–Crippen LogP) is 9.44. The number of benzene rings is 1. The van der Waals surface area contributed by atoms with E-state index >= 15 is 0 Å². The van der Waals surface area contributed by atoms with Crippen molar-refractivity contribution in [3.8, 4) is 6.07 Å². The Kier molecular flexibility index (Phi) is 10.8. The average Bonchev–Trinajstić information content (AvgIpc) is 2.85. The molecule has 2 heteroatoms. The molecule has 0 radical (unpaired) electrons. The fourth-order valence-electron chi connectivity index (χ4n) is 6.25. The van der Waals surface area contributed by atoms with Crippen LogP contribution in [0.25, 0.3) is 0 Å². The van der Waals surface area contributed by atoms with Gasteiger partial charge in [0.05, 0.1) is 0 Å². The van der Waals surface area contributed by atoms with E-state index < -0.39 is 5.83 Å². The van der Waals surface area contributed by atoms with E-state index in [0.29, 0.717) is 0 Å². The first kappa shape index (κ1) is 25.0. The molecule has 0 bridgehead atoms. The Morgan fingerprint density at radius 3 is 2.16 bits per heavy atom. The number of hydrogen-bond acceptors (Lipinski definition) is 1. The maximum absolute atomic E-state index is 13.0. The van der Waals surface area contributed by atoms with E-state index in [1.165, 1.54) is 102 Å². The van der Waals surface area contributed by atoms with Crippen molar-refractivity contribution >= 4 is 0 Å². The molecule has 1 aromatic rings. The maximum Gasteiger partial charge on any atom is 0.196 e. The van der Waals surface area contributed by atoms with Crippen LogP contribution in [0.5, 0.6) is 0 Å². The van der Waals surface area contributed by atoms with Gasteiger partial charge in [0, 0.05) is 0 Å². The summed E-state index contributed by atoms with van der Waals surface area (Å²) in [4.78, 5) is 0. The molecule has 0 spiro atoms. The molecule has 2 fully saturated rings. The highest BCUT2D eigenvalue weighted by Crippen LogP contribution is 2.44. The molecular weight excluding hydrogens is 393 g/mol. The van der Waals surface area contributed by atoms with Crippen LogP contribution in [0.1, 0.15) is 120 Å². The highest BCUT2D eigenvalue weighted by atomic mass is 19.1. The summed E-state index contributed by atoms with van der Waals surface area (Å²) >= 11 is 0. The van der Waals surface area contributed by atoms with Gasteiger partial charge in [0.15, 0.2) is 5.83 Å². The molecule has 176 valence electrons. The van der Waals surface area contributed by atoms with Crippen molar-refractivity contribution in [1.29, 1.82) is 5.26 Å². The first-order chi connectivity index (χ1) is 15.7. The monoisotopic (exact) mass is 437 g/mol. The quantitative estimate of drug-likeness (QED) is 0.250. The maximum atomic E-state index is 13.0. The fraction of sp³-hybridized carbons (Fsp3) is 0.700. The lowest BCUT2D eigenvalue weighted by Gasteiger charge is -2.38. The molecule has 0 saturated heterocycles. The van der Waals surface area contributed by atoms with Crippen LogP contribution in [0.3, 0.4) is 0 Å². The van der Waals surface area contributed by atoms with Crippen LogP contribution in [0, 0.1) is 29.1 Å². The SMILES string of the molecule is CCCCCCCc1ccc([C@H]2CC[C@H](C3CCC(CC/C=C(\F)C#N)CC3)CC2)cc1. The fourth-order valence-corrected chi connectivity index (χ4v) is 6.25. The lowest BCUT2D eigenvalue weighted by molar-refractivity contribution is 0.157. The Hall–Kier alpha value is -1.62. The molecule has 0 amide bonds. The summed E-state index contributed by atoms with van der Waals surface area (Å²) < 4.78 is 13.0. The Morgan fingerprint density at radius 1 is 0.906 bits per heavy atom. The summed E-state index contributed by atoms with van der Waals surface area (Å²) in [5.41, 5.74) is 3.08. The van der Waals surface area contributed by atoms with Crippen LogP contribution in [-0.4, -0.2) is 0 Å². The van der Waals surface area contributed by atoms with Crippen LogP contribution in [0.4, 0.5) is 4.39 Å². The standard InChI is InChI=1S/C30H44FN/c1-2-3-4-5-6-8-24-11-15-26(16-12-24)28-19-21-29(22-20-28)27-17-13-25(14-18-27)9-7-10-30(31)23-32/h10-12,15-16,25,27-29H,2-9,13-14,17-22H2,1H3/b30-10-/t25?,27?,28-,29-. The third-order valence-corrected chi connectivity index (χ3v) is 8.36. The third-order valence-electron chi connectivity index (χ3n) is 8.36. The Morgan fingerprint density at radius 2 is 1.53 bits per heavy atom. The normalized spacial score (nSPS) is 26.6. The van der Waals surface area contributed by atoms with Gasteiger partial charge in [-0.2, -0.15) is 9.65 Å². The van der Waals surface area contributed by atoms with E-state index in [2.05, 4.69) is 31.2 Å². The van der Waals surface area contributed by atoms with Gasteiger partial charge in [0.25, 0.3) is 0 Å². The topological polar surface area (TPSA) is 23.8 Å². The van der Waals surface area contributed by atoms with Crippen LogP contribution in [0.15, 0.2) is 36.2 Å². The summed E-state index contributed by atoms with van der Waals surface area (Å²) in [6, 6.07) is 11.2. The summed E-state index contributed by atoms with van der Waals surface area (Å²) in [6.45, 7) is 2.28. The number of halogens is 1. The first-order valence-electron chi connectivity index (χ1n) is 13.5. The van der Waals surface area contributed by atoms with Crippen molar-refractivity contribution < 1.29 is 4.39 Å². The van der Waals surface area contributed by atoms with E-state index in [-0.39, 0.29) is 0 Å². The number of nitrogens with zero attached hydrogens (tertiary/aromatic N) is 1. The van der Waals surface area contributed by atoms with Gasteiger partial charge in [-0.15, -0.1) is 0 Å². The van der Waals surface area contributed by atoms with Gasteiger partial charge in [-0.3, -0.25) is 0 Å². The van der Waals surface area contributed by atoms with Gasteiger partial charge < -0.3 is 0 Å². The minimum absolute atomic E-state index is 0.618. The van der Waals surface area contributed by atoms with Gasteiger partial charge in [-0.1, -0.05) is 69.7 Å². The van der Waals surface area contributed by atoms with Crippen LogP contribution < -0.4 is 0 Å². The summed E-state index contributed by atoms with van der Waals surface area (Å²) in [7, 11) is 0. The highest BCUT2D eigenvalue weighted by molar-refractivity contribution is 5.26. The van der Waals surface area contributed by atoms with Gasteiger partial charge in [-0.25, -0.2) is 0 Å². The largest absolute Gasteiger partial charge is 0.196 e. The van der Waals surface area contributed by atoms with E-state index in [0.717, 1.165) is 36.5 Å². The molecular formula is C30H44FN. The molecule has 0 heterocycles. The molecule has 0 aromatic heterocycles. The predicted molar refractivity (Wildman–Crippen MR) is 133 cm³/mol. The molecule has 0 atom stereocenters. The number of nitriles is 1. The van der Waals surface area contributed by atoms with E-state index in [9.17, 15) is 4.39 Å². The van der Waals surface area contributed by atoms with Gasteiger partial charge in [-0.05, 0) is 105 Å². The zero-order valence-electron chi connectivity index (χ0n) is 20.3. The van der Waals surface area contributed by atoms with Crippen molar-refractivity contribution in [3.05, 3.63) is 47.3 Å². The van der Waals surface area contributed by atoms with Crippen LogP contribution >= 0.6 is 0 Å². The second kappa shape index (κ2) is 13.8. The van der Waals surface area contributed by atoms with Crippen molar-refractivity contribution in [2.24, 2.45) is 17.8 Å². The van der Waals surface area contributed by atoms with Crippen LogP contribution in [-0.2, 0) is 6.42 Å². The highest BCUT2D eigenvalue weighted by Gasteiger charge is 2.31. The zero-order chi connectivity index (χ0) is 22.6. The Bertz CT molecular complexity index is 712. The average molecular weight is 438 g/mol. The molecule has 2 aliphatic rings. The molecule has 0 unspecified atom stereocenters.